The molecule has 2 rings (SSSR count). The second-order valence-corrected chi connectivity index (χ2v) is 4.26. The topological polar surface area (TPSA) is 67.6 Å². The SMILES string of the molecule is CN(CCN=C(N)N)c1ccc2ccccc2c1. The summed E-state index contributed by atoms with van der Waals surface area (Å²) in [4.78, 5) is 6.12. The summed E-state index contributed by atoms with van der Waals surface area (Å²) in [7, 11) is 2.03. The fourth-order valence-corrected chi connectivity index (χ4v) is 1.87. The second-order valence-electron chi connectivity index (χ2n) is 4.26. The number of benzene rings is 2. The summed E-state index contributed by atoms with van der Waals surface area (Å²) in [5.74, 6) is 0.141. The lowest BCUT2D eigenvalue weighted by Gasteiger charge is -2.18. The Morgan fingerprint density at radius 2 is 1.83 bits per heavy atom. The largest absolute Gasteiger partial charge is 0.373 e. The normalized spacial score (nSPS) is 10.3. The molecule has 2 aromatic rings. The molecule has 4 nitrogen and oxygen atoms in total. The number of hydrogen-bond acceptors (Lipinski definition) is 2. The van der Waals surface area contributed by atoms with Gasteiger partial charge in [0.25, 0.3) is 0 Å². The van der Waals surface area contributed by atoms with Crippen LogP contribution in [0.3, 0.4) is 0 Å². The van der Waals surface area contributed by atoms with Crippen LogP contribution >= 0.6 is 0 Å². The van der Waals surface area contributed by atoms with Crippen molar-refractivity contribution in [1.29, 1.82) is 0 Å². The third-order valence-electron chi connectivity index (χ3n) is 2.90. The fourth-order valence-electron chi connectivity index (χ4n) is 1.87. The first-order valence-electron chi connectivity index (χ1n) is 5.92. The average molecular weight is 242 g/mol. The van der Waals surface area contributed by atoms with Crippen LogP contribution in [0.4, 0.5) is 5.69 Å². The standard InChI is InChI=1S/C14H18N4/c1-18(9-8-17-14(15)16)13-7-6-11-4-2-3-5-12(11)10-13/h2-7,10H,8-9H2,1H3,(H4,15,16,17). The van der Waals surface area contributed by atoms with E-state index < -0.39 is 0 Å². The van der Waals surface area contributed by atoms with Gasteiger partial charge in [0.05, 0.1) is 6.54 Å². The van der Waals surface area contributed by atoms with E-state index in [1.165, 1.54) is 16.5 Å². The Hall–Kier alpha value is -2.23. The number of anilines is 1. The van der Waals surface area contributed by atoms with E-state index in [-0.39, 0.29) is 5.96 Å². The number of aliphatic imine (C=N–C) groups is 1. The van der Waals surface area contributed by atoms with Crippen molar-refractivity contribution in [3.8, 4) is 0 Å². The molecular formula is C14H18N4. The number of nitrogens with zero attached hydrogens (tertiary/aromatic N) is 2. The van der Waals surface area contributed by atoms with Gasteiger partial charge in [0.2, 0.25) is 0 Å². The highest BCUT2D eigenvalue weighted by Gasteiger charge is 2.01. The minimum atomic E-state index is 0.141. The third kappa shape index (κ3) is 2.91. The molecule has 4 heteroatoms. The Kier molecular flexibility index (Phi) is 3.67. The van der Waals surface area contributed by atoms with Gasteiger partial charge in [-0.2, -0.15) is 0 Å². The number of hydrogen-bond donors (Lipinski definition) is 2. The van der Waals surface area contributed by atoms with Gasteiger partial charge in [-0.3, -0.25) is 4.99 Å². The summed E-state index contributed by atoms with van der Waals surface area (Å²) in [5.41, 5.74) is 11.8. The molecular weight excluding hydrogens is 224 g/mol. The molecule has 0 aliphatic heterocycles. The van der Waals surface area contributed by atoms with Crippen LogP contribution in [0.25, 0.3) is 10.8 Å². The summed E-state index contributed by atoms with van der Waals surface area (Å²) in [6.45, 7) is 1.39. The first-order chi connectivity index (χ1) is 8.66. The van der Waals surface area contributed by atoms with E-state index in [1.807, 2.05) is 19.2 Å². The average Bonchev–Trinajstić information content (AvgIpc) is 2.37. The minimum absolute atomic E-state index is 0.141. The van der Waals surface area contributed by atoms with E-state index in [2.05, 4.69) is 40.2 Å². The molecule has 0 aromatic heterocycles. The van der Waals surface area contributed by atoms with Gasteiger partial charge in [0.1, 0.15) is 0 Å². The monoisotopic (exact) mass is 242 g/mol. The Balaban J connectivity index is 2.12. The number of likely N-dealkylation sites (N-methyl/N-ethyl adjacent to an activating group) is 1. The van der Waals surface area contributed by atoms with Crippen LogP contribution < -0.4 is 16.4 Å². The molecule has 0 aliphatic rings. The molecule has 0 saturated heterocycles. The van der Waals surface area contributed by atoms with Gasteiger partial charge >= 0.3 is 0 Å². The highest BCUT2D eigenvalue weighted by Crippen LogP contribution is 2.20. The Labute approximate surface area is 107 Å². The van der Waals surface area contributed by atoms with Crippen molar-refractivity contribution in [2.45, 2.75) is 0 Å². The predicted molar refractivity (Wildman–Crippen MR) is 77.9 cm³/mol. The second kappa shape index (κ2) is 5.40. The van der Waals surface area contributed by atoms with E-state index in [0.717, 1.165) is 6.54 Å². The van der Waals surface area contributed by atoms with E-state index in [9.17, 15) is 0 Å². The van der Waals surface area contributed by atoms with Crippen LogP contribution in [0.5, 0.6) is 0 Å². The molecule has 0 amide bonds. The van der Waals surface area contributed by atoms with E-state index in [0.29, 0.717) is 6.54 Å². The van der Waals surface area contributed by atoms with Crippen molar-refractivity contribution < 1.29 is 0 Å². The maximum absolute atomic E-state index is 5.30. The van der Waals surface area contributed by atoms with Crippen molar-refractivity contribution >= 4 is 22.4 Å². The lowest BCUT2D eigenvalue weighted by molar-refractivity contribution is 0.884. The number of fused-ring (bicyclic) bond motifs is 1. The summed E-state index contributed by atoms with van der Waals surface area (Å²) in [6.07, 6.45) is 0. The summed E-state index contributed by atoms with van der Waals surface area (Å²) >= 11 is 0. The quantitative estimate of drug-likeness (QED) is 0.631. The molecule has 94 valence electrons. The Morgan fingerprint density at radius 1 is 1.11 bits per heavy atom. The fraction of sp³-hybridized carbons (Fsp3) is 0.214. The molecule has 0 fully saturated rings. The molecule has 0 unspecified atom stereocenters. The summed E-state index contributed by atoms with van der Waals surface area (Å²) in [6, 6.07) is 14.7. The zero-order valence-electron chi connectivity index (χ0n) is 10.5. The van der Waals surface area contributed by atoms with E-state index in [4.69, 9.17) is 11.5 Å². The van der Waals surface area contributed by atoms with Crippen LogP contribution in [0, 0.1) is 0 Å². The van der Waals surface area contributed by atoms with Crippen LogP contribution in [0.2, 0.25) is 0 Å². The van der Waals surface area contributed by atoms with Crippen LogP contribution in [-0.4, -0.2) is 26.1 Å². The Morgan fingerprint density at radius 3 is 2.56 bits per heavy atom. The maximum Gasteiger partial charge on any atom is 0.185 e. The van der Waals surface area contributed by atoms with Crippen molar-refractivity contribution in [1.82, 2.24) is 0 Å². The molecule has 18 heavy (non-hydrogen) atoms. The number of nitrogens with two attached hydrogens (primary N) is 2. The van der Waals surface area contributed by atoms with Gasteiger partial charge in [-0.25, -0.2) is 0 Å². The van der Waals surface area contributed by atoms with E-state index in [1.54, 1.807) is 0 Å². The molecule has 0 aliphatic carbocycles. The first-order valence-corrected chi connectivity index (χ1v) is 5.92. The van der Waals surface area contributed by atoms with Gasteiger partial charge in [-0.1, -0.05) is 30.3 Å². The van der Waals surface area contributed by atoms with Gasteiger partial charge < -0.3 is 16.4 Å². The molecule has 0 spiro atoms. The molecule has 2 aromatic carbocycles. The lowest BCUT2D eigenvalue weighted by atomic mass is 10.1. The predicted octanol–water partition coefficient (Wildman–Crippen LogP) is 1.55. The molecule has 0 heterocycles. The third-order valence-corrected chi connectivity index (χ3v) is 2.90. The van der Waals surface area contributed by atoms with Crippen molar-refractivity contribution in [2.24, 2.45) is 16.5 Å². The van der Waals surface area contributed by atoms with Crippen molar-refractivity contribution in [2.75, 3.05) is 25.0 Å². The molecule has 0 atom stereocenters. The lowest BCUT2D eigenvalue weighted by Crippen LogP contribution is -2.26. The highest BCUT2D eigenvalue weighted by atomic mass is 15.1. The maximum atomic E-state index is 5.30. The molecule has 0 saturated carbocycles. The van der Waals surface area contributed by atoms with Gasteiger partial charge in [0, 0.05) is 19.3 Å². The van der Waals surface area contributed by atoms with Crippen molar-refractivity contribution in [3.05, 3.63) is 42.5 Å². The first kappa shape index (κ1) is 12.2. The smallest absolute Gasteiger partial charge is 0.185 e. The van der Waals surface area contributed by atoms with Crippen LogP contribution in [0.15, 0.2) is 47.5 Å². The summed E-state index contributed by atoms with van der Waals surface area (Å²) in [5, 5.41) is 2.49. The highest BCUT2D eigenvalue weighted by molar-refractivity contribution is 5.85. The zero-order chi connectivity index (χ0) is 13.0. The van der Waals surface area contributed by atoms with Gasteiger partial charge in [-0.15, -0.1) is 0 Å². The molecule has 4 N–H and O–H groups in total. The number of guanidine groups is 1. The van der Waals surface area contributed by atoms with Crippen LogP contribution in [-0.2, 0) is 0 Å². The van der Waals surface area contributed by atoms with E-state index >= 15 is 0 Å². The Bertz CT molecular complexity index is 558. The molecule has 0 radical (unpaired) electrons. The molecule has 0 bridgehead atoms. The minimum Gasteiger partial charge on any atom is -0.373 e. The van der Waals surface area contributed by atoms with Gasteiger partial charge in [-0.05, 0) is 22.9 Å². The van der Waals surface area contributed by atoms with Gasteiger partial charge in [0.15, 0.2) is 5.96 Å². The van der Waals surface area contributed by atoms with Crippen molar-refractivity contribution in [3.63, 3.8) is 0 Å². The number of rotatable bonds is 4. The zero-order valence-corrected chi connectivity index (χ0v) is 10.5. The summed E-state index contributed by atoms with van der Waals surface area (Å²) < 4.78 is 0. The van der Waals surface area contributed by atoms with Crippen LogP contribution in [0.1, 0.15) is 0 Å².